The Morgan fingerprint density at radius 1 is 1.12 bits per heavy atom. The number of piperidine rings is 1. The number of nitrogens with one attached hydrogen (secondary N) is 1. The van der Waals surface area contributed by atoms with Crippen LogP contribution in [0.15, 0.2) is 18.2 Å². The molecule has 0 bridgehead atoms. The molecule has 1 amide bonds. The Balaban J connectivity index is 1.88. The number of hydrogen-bond donors (Lipinski definition) is 1. The second kappa shape index (κ2) is 10.0. The highest BCUT2D eigenvalue weighted by molar-refractivity contribution is 5.92. The van der Waals surface area contributed by atoms with Gasteiger partial charge >= 0.3 is 5.97 Å². The van der Waals surface area contributed by atoms with Crippen LogP contribution in [0.2, 0.25) is 0 Å². The van der Waals surface area contributed by atoms with Gasteiger partial charge in [-0.3, -0.25) is 14.5 Å². The number of carbonyl (C=O) groups is 2. The van der Waals surface area contributed by atoms with Gasteiger partial charge in [-0.25, -0.2) is 0 Å². The normalized spacial score (nSPS) is 15.3. The molecule has 0 unspecified atom stereocenters. The van der Waals surface area contributed by atoms with Gasteiger partial charge < -0.3 is 19.5 Å². The molecule has 7 heteroatoms. The summed E-state index contributed by atoms with van der Waals surface area (Å²) in [6, 6.07) is 5.37. The number of nitrogens with zero attached hydrogens (tertiary/aromatic N) is 1. The van der Waals surface area contributed by atoms with Crippen molar-refractivity contribution in [1.82, 2.24) is 4.90 Å². The summed E-state index contributed by atoms with van der Waals surface area (Å²) >= 11 is 0. The van der Waals surface area contributed by atoms with Crippen molar-refractivity contribution in [2.24, 2.45) is 5.92 Å². The molecule has 144 valence electrons. The third-order valence-electron chi connectivity index (χ3n) is 4.32. The van der Waals surface area contributed by atoms with E-state index in [2.05, 4.69) is 5.32 Å². The van der Waals surface area contributed by atoms with Crippen LogP contribution in [0.25, 0.3) is 0 Å². The molecular weight excluding hydrogens is 336 g/mol. The molecule has 0 spiro atoms. The third kappa shape index (κ3) is 5.62. The van der Waals surface area contributed by atoms with Crippen molar-refractivity contribution < 1.29 is 23.8 Å². The molecule has 0 aliphatic carbocycles. The van der Waals surface area contributed by atoms with E-state index in [9.17, 15) is 9.59 Å². The maximum atomic E-state index is 12.3. The Morgan fingerprint density at radius 3 is 2.38 bits per heavy atom. The van der Waals surface area contributed by atoms with Gasteiger partial charge in [0.25, 0.3) is 0 Å². The highest BCUT2D eigenvalue weighted by Crippen LogP contribution is 2.30. The molecule has 2 rings (SSSR count). The van der Waals surface area contributed by atoms with E-state index in [1.807, 2.05) is 18.7 Å². The molecule has 0 saturated carbocycles. The van der Waals surface area contributed by atoms with E-state index in [0.29, 0.717) is 50.0 Å². The maximum absolute atomic E-state index is 12.3. The zero-order valence-electron chi connectivity index (χ0n) is 15.7. The molecule has 1 fully saturated rings. The third-order valence-corrected chi connectivity index (χ3v) is 4.32. The van der Waals surface area contributed by atoms with Crippen LogP contribution < -0.4 is 14.8 Å². The Bertz CT molecular complexity index is 612. The molecule has 1 aliphatic rings. The van der Waals surface area contributed by atoms with Gasteiger partial charge in [0.05, 0.1) is 32.8 Å². The number of carbonyl (C=O) groups excluding carboxylic acids is 2. The van der Waals surface area contributed by atoms with Gasteiger partial charge in [0, 0.05) is 11.8 Å². The summed E-state index contributed by atoms with van der Waals surface area (Å²) in [5, 5.41) is 2.89. The van der Waals surface area contributed by atoms with Crippen LogP contribution >= 0.6 is 0 Å². The van der Waals surface area contributed by atoms with Crippen molar-refractivity contribution in [3.63, 3.8) is 0 Å². The van der Waals surface area contributed by atoms with E-state index < -0.39 is 0 Å². The Hall–Kier alpha value is -2.28. The number of hydrogen-bond acceptors (Lipinski definition) is 6. The van der Waals surface area contributed by atoms with Gasteiger partial charge in [-0.15, -0.1) is 0 Å². The average molecular weight is 364 g/mol. The predicted molar refractivity (Wildman–Crippen MR) is 98.6 cm³/mol. The predicted octanol–water partition coefficient (Wildman–Crippen LogP) is 2.31. The van der Waals surface area contributed by atoms with Crippen molar-refractivity contribution >= 4 is 17.6 Å². The first-order chi connectivity index (χ1) is 12.6. The van der Waals surface area contributed by atoms with E-state index in [-0.39, 0.29) is 17.8 Å². The molecule has 1 N–H and O–H groups in total. The molecule has 1 saturated heterocycles. The minimum Gasteiger partial charge on any atom is -0.490 e. The van der Waals surface area contributed by atoms with Crippen LogP contribution in [0.1, 0.15) is 26.7 Å². The standard InChI is InChI=1S/C19H28N2O5/c1-4-25-16-7-6-15(12-17(16)26-5-2)20-18(22)13-21-10-8-14(9-11-21)19(23)24-3/h6-7,12,14H,4-5,8-11,13H2,1-3H3,(H,20,22). The maximum Gasteiger partial charge on any atom is 0.308 e. The second-order valence-corrected chi connectivity index (χ2v) is 6.15. The topological polar surface area (TPSA) is 77.1 Å². The summed E-state index contributed by atoms with van der Waals surface area (Å²) in [5.41, 5.74) is 0.673. The van der Waals surface area contributed by atoms with Crippen molar-refractivity contribution in [2.75, 3.05) is 45.3 Å². The smallest absolute Gasteiger partial charge is 0.308 e. The zero-order chi connectivity index (χ0) is 18.9. The highest BCUT2D eigenvalue weighted by Gasteiger charge is 2.26. The van der Waals surface area contributed by atoms with Crippen LogP contribution in [-0.4, -0.2) is 56.7 Å². The van der Waals surface area contributed by atoms with Crippen LogP contribution in [0.3, 0.4) is 0 Å². The number of rotatable bonds is 8. The molecule has 1 aromatic carbocycles. The van der Waals surface area contributed by atoms with Crippen LogP contribution in [-0.2, 0) is 14.3 Å². The van der Waals surface area contributed by atoms with E-state index in [1.165, 1.54) is 7.11 Å². The van der Waals surface area contributed by atoms with E-state index in [4.69, 9.17) is 14.2 Å². The molecule has 7 nitrogen and oxygen atoms in total. The Morgan fingerprint density at radius 2 is 1.77 bits per heavy atom. The molecular formula is C19H28N2O5. The lowest BCUT2D eigenvalue weighted by Gasteiger charge is -2.29. The van der Waals surface area contributed by atoms with Crippen LogP contribution in [0, 0.1) is 5.92 Å². The summed E-state index contributed by atoms with van der Waals surface area (Å²) in [6.45, 7) is 6.60. The molecule has 1 aromatic rings. The summed E-state index contributed by atoms with van der Waals surface area (Å²) in [7, 11) is 1.41. The molecule has 0 radical (unpaired) electrons. The van der Waals surface area contributed by atoms with E-state index >= 15 is 0 Å². The first-order valence-electron chi connectivity index (χ1n) is 9.07. The zero-order valence-corrected chi connectivity index (χ0v) is 15.7. The molecule has 26 heavy (non-hydrogen) atoms. The minimum atomic E-state index is -0.160. The lowest BCUT2D eigenvalue weighted by molar-refractivity contribution is -0.147. The molecule has 0 aromatic heterocycles. The molecule has 1 heterocycles. The van der Waals surface area contributed by atoms with Crippen molar-refractivity contribution in [3.05, 3.63) is 18.2 Å². The number of ether oxygens (including phenoxy) is 3. The SMILES string of the molecule is CCOc1ccc(NC(=O)CN2CCC(C(=O)OC)CC2)cc1OCC. The first-order valence-corrected chi connectivity index (χ1v) is 9.07. The quantitative estimate of drug-likeness (QED) is 0.714. The van der Waals surface area contributed by atoms with Gasteiger partial charge in [-0.2, -0.15) is 0 Å². The highest BCUT2D eigenvalue weighted by atomic mass is 16.5. The van der Waals surface area contributed by atoms with Crippen molar-refractivity contribution in [3.8, 4) is 11.5 Å². The number of amides is 1. The number of esters is 1. The van der Waals surface area contributed by atoms with Gasteiger partial charge in [0.1, 0.15) is 0 Å². The largest absolute Gasteiger partial charge is 0.490 e. The Labute approximate surface area is 154 Å². The Kier molecular flexibility index (Phi) is 7.72. The average Bonchev–Trinajstić information content (AvgIpc) is 2.64. The summed E-state index contributed by atoms with van der Waals surface area (Å²) in [4.78, 5) is 25.9. The number of likely N-dealkylation sites (tertiary alicyclic amines) is 1. The van der Waals surface area contributed by atoms with Gasteiger partial charge in [-0.05, 0) is 51.9 Å². The van der Waals surface area contributed by atoms with E-state index in [0.717, 1.165) is 12.8 Å². The van der Waals surface area contributed by atoms with Crippen LogP contribution in [0.4, 0.5) is 5.69 Å². The summed E-state index contributed by atoms with van der Waals surface area (Å²) in [6.07, 6.45) is 1.44. The molecule has 1 aliphatic heterocycles. The van der Waals surface area contributed by atoms with Crippen molar-refractivity contribution in [1.29, 1.82) is 0 Å². The lowest BCUT2D eigenvalue weighted by Crippen LogP contribution is -2.41. The van der Waals surface area contributed by atoms with Gasteiger partial charge in [0.2, 0.25) is 5.91 Å². The number of benzene rings is 1. The second-order valence-electron chi connectivity index (χ2n) is 6.15. The summed E-state index contributed by atoms with van der Waals surface area (Å²) < 4.78 is 15.9. The fraction of sp³-hybridized carbons (Fsp3) is 0.579. The monoisotopic (exact) mass is 364 g/mol. The number of anilines is 1. The fourth-order valence-electron chi connectivity index (χ4n) is 3.03. The van der Waals surface area contributed by atoms with Crippen molar-refractivity contribution in [2.45, 2.75) is 26.7 Å². The van der Waals surface area contributed by atoms with Crippen LogP contribution in [0.5, 0.6) is 11.5 Å². The molecule has 0 atom stereocenters. The summed E-state index contributed by atoms with van der Waals surface area (Å²) in [5.74, 6) is 0.975. The van der Waals surface area contributed by atoms with Gasteiger partial charge in [-0.1, -0.05) is 0 Å². The fourth-order valence-corrected chi connectivity index (χ4v) is 3.03. The van der Waals surface area contributed by atoms with E-state index in [1.54, 1.807) is 18.2 Å². The lowest BCUT2D eigenvalue weighted by atomic mass is 9.97. The first kappa shape index (κ1) is 20.0. The van der Waals surface area contributed by atoms with Gasteiger partial charge in [0.15, 0.2) is 11.5 Å². The number of methoxy groups -OCH3 is 1. The minimum absolute atomic E-state index is 0.0563.